The smallest absolute Gasteiger partial charge is 0.239 e. The highest BCUT2D eigenvalue weighted by Crippen LogP contribution is 2.31. The van der Waals surface area contributed by atoms with Gasteiger partial charge in [-0.1, -0.05) is 0 Å². The molecule has 4 N–H and O–H groups in total. The molecule has 0 spiro atoms. The summed E-state index contributed by atoms with van der Waals surface area (Å²) in [6.07, 6.45) is -4.84. The number of halogens is 4. The van der Waals surface area contributed by atoms with Crippen molar-refractivity contribution < 1.29 is 42.0 Å². The molecule has 10 nitrogen and oxygen atoms in total. The Balaban J connectivity index is 2.21. The Kier molecular flexibility index (Phi) is 10.3. The molecule has 1 aliphatic heterocycles. The second-order valence-corrected chi connectivity index (χ2v) is 7.83. The van der Waals surface area contributed by atoms with Gasteiger partial charge in [0.15, 0.2) is 6.29 Å². The van der Waals surface area contributed by atoms with Crippen LogP contribution in [-0.4, -0.2) is 104 Å². The van der Waals surface area contributed by atoms with Crippen LogP contribution < -0.4 is 16.6 Å². The van der Waals surface area contributed by atoms with Gasteiger partial charge in [0.1, 0.15) is 18.8 Å². The van der Waals surface area contributed by atoms with Gasteiger partial charge in [0, 0.05) is 21.2 Å². The summed E-state index contributed by atoms with van der Waals surface area (Å²) >= 11 is 0. The summed E-state index contributed by atoms with van der Waals surface area (Å²) < 4.78 is 69.2. The molecule has 8 atom stereocenters. The quantitative estimate of drug-likeness (QED) is 0.252. The van der Waals surface area contributed by atoms with Crippen LogP contribution >= 0.6 is 0 Å². The average molecular weight is 461 g/mol. The molecule has 2 aliphatic rings. The zero-order valence-electron chi connectivity index (χ0n) is 17.6. The number of carbonyl (C=O) groups excluding carboxylic acids is 1. The molecule has 0 aromatic heterocycles. The van der Waals surface area contributed by atoms with E-state index in [9.17, 15) is 27.8 Å². The number of nitrogens with zero attached hydrogens (tertiary/aromatic N) is 2. The highest BCUT2D eigenvalue weighted by molar-refractivity contribution is 5.78. The van der Waals surface area contributed by atoms with E-state index < -0.39 is 61.3 Å². The van der Waals surface area contributed by atoms with E-state index in [4.69, 9.17) is 14.2 Å². The van der Waals surface area contributed by atoms with E-state index in [-0.39, 0.29) is 19.4 Å². The number of amides is 1. The number of aliphatic hydroxyl groups excluding tert-OH is 1. The molecule has 1 heterocycles. The fourth-order valence-electron chi connectivity index (χ4n) is 4.18. The van der Waals surface area contributed by atoms with Gasteiger partial charge in [-0.05, 0) is 19.3 Å². The average Bonchev–Trinajstić information content (AvgIpc) is 2.74. The molecular formula is C17H31F4N5O5. The maximum Gasteiger partial charge on any atom is 0.239 e. The molecule has 7 unspecified atom stereocenters. The van der Waals surface area contributed by atoms with Crippen LogP contribution in [0.4, 0.5) is 17.9 Å². The summed E-state index contributed by atoms with van der Waals surface area (Å²) in [5.41, 5.74) is 4.36. The van der Waals surface area contributed by atoms with Crippen LogP contribution in [0.3, 0.4) is 0 Å². The SMILES string of the molecule is COC1CC(NF)C(OC2OC(CN(C)F)CC[C@@H]2NF)C(O)C1N(C)C(=O)CNF. The molecule has 31 heavy (non-hydrogen) atoms. The van der Waals surface area contributed by atoms with Crippen LogP contribution in [0.15, 0.2) is 0 Å². The highest BCUT2D eigenvalue weighted by Gasteiger charge is 2.50. The van der Waals surface area contributed by atoms with E-state index in [1.165, 1.54) is 26.7 Å². The Morgan fingerprint density at radius 3 is 2.42 bits per heavy atom. The van der Waals surface area contributed by atoms with Crippen molar-refractivity contribution in [2.75, 3.05) is 34.3 Å². The molecule has 14 heteroatoms. The Hall–Kier alpha value is -1.13. The third-order valence-corrected chi connectivity index (χ3v) is 5.79. The van der Waals surface area contributed by atoms with E-state index in [1.807, 2.05) is 0 Å². The third-order valence-electron chi connectivity index (χ3n) is 5.79. The second kappa shape index (κ2) is 12.2. The van der Waals surface area contributed by atoms with Gasteiger partial charge in [0.05, 0.1) is 36.9 Å². The molecule has 1 saturated carbocycles. The monoisotopic (exact) mass is 461 g/mol. The van der Waals surface area contributed by atoms with Crippen LogP contribution in [0.2, 0.25) is 0 Å². The lowest BCUT2D eigenvalue weighted by atomic mass is 9.83. The van der Waals surface area contributed by atoms with Gasteiger partial charge in [-0.3, -0.25) is 4.79 Å². The summed E-state index contributed by atoms with van der Waals surface area (Å²) in [6.45, 7) is -0.719. The van der Waals surface area contributed by atoms with Crippen LogP contribution in [0.5, 0.6) is 0 Å². The van der Waals surface area contributed by atoms with Crippen molar-refractivity contribution in [2.45, 2.75) is 68.1 Å². The van der Waals surface area contributed by atoms with Crippen LogP contribution in [0, 0.1) is 0 Å². The third kappa shape index (κ3) is 6.44. The summed E-state index contributed by atoms with van der Waals surface area (Å²) in [7, 11) is 3.88. The zero-order chi connectivity index (χ0) is 23.1. The van der Waals surface area contributed by atoms with Crippen molar-refractivity contribution in [3.8, 4) is 0 Å². The van der Waals surface area contributed by atoms with E-state index in [1.54, 1.807) is 11.1 Å². The predicted molar refractivity (Wildman–Crippen MR) is 99.7 cm³/mol. The van der Waals surface area contributed by atoms with Crippen molar-refractivity contribution in [1.29, 1.82) is 0 Å². The first kappa shape index (κ1) is 26.1. The van der Waals surface area contributed by atoms with Gasteiger partial charge in [0.25, 0.3) is 0 Å². The first-order chi connectivity index (χ1) is 14.8. The Morgan fingerprint density at radius 1 is 1.19 bits per heavy atom. The largest absolute Gasteiger partial charge is 0.388 e. The Bertz CT molecular complexity index is 569. The number of nitrogens with one attached hydrogen (secondary N) is 3. The summed E-state index contributed by atoms with van der Waals surface area (Å²) in [6, 6.07) is -3.01. The minimum absolute atomic E-state index is 0.0167. The Labute approximate surface area is 177 Å². The second-order valence-electron chi connectivity index (χ2n) is 7.83. The van der Waals surface area contributed by atoms with Crippen molar-refractivity contribution >= 4 is 5.91 Å². The molecule has 1 amide bonds. The van der Waals surface area contributed by atoms with Crippen LogP contribution in [-0.2, 0) is 19.0 Å². The molecule has 2 fully saturated rings. The number of ether oxygens (including phenoxy) is 3. The fourth-order valence-corrected chi connectivity index (χ4v) is 4.18. The number of aliphatic hydroxyl groups is 1. The number of methoxy groups -OCH3 is 1. The number of hydrogen-bond acceptors (Lipinski definition) is 9. The van der Waals surface area contributed by atoms with E-state index in [0.29, 0.717) is 11.5 Å². The van der Waals surface area contributed by atoms with Crippen molar-refractivity contribution in [2.24, 2.45) is 0 Å². The lowest BCUT2D eigenvalue weighted by Crippen LogP contribution is -2.67. The van der Waals surface area contributed by atoms with Gasteiger partial charge in [-0.15, -0.1) is 28.6 Å². The molecular weight excluding hydrogens is 430 g/mol. The fraction of sp³-hybridized carbons (Fsp3) is 0.941. The Morgan fingerprint density at radius 2 is 1.87 bits per heavy atom. The first-order valence-electron chi connectivity index (χ1n) is 9.97. The van der Waals surface area contributed by atoms with Crippen molar-refractivity contribution in [1.82, 2.24) is 26.6 Å². The number of carbonyl (C=O) groups is 1. The minimum atomic E-state index is -1.49. The lowest BCUT2D eigenvalue weighted by molar-refractivity contribution is -0.270. The van der Waals surface area contributed by atoms with Gasteiger partial charge in [-0.2, -0.15) is 11.1 Å². The molecule has 182 valence electrons. The van der Waals surface area contributed by atoms with Gasteiger partial charge >= 0.3 is 0 Å². The van der Waals surface area contributed by atoms with E-state index in [2.05, 4.69) is 0 Å². The normalized spacial score (nSPS) is 36.5. The molecule has 1 saturated heterocycles. The van der Waals surface area contributed by atoms with Crippen LogP contribution in [0.1, 0.15) is 19.3 Å². The summed E-state index contributed by atoms with van der Waals surface area (Å²) in [5.74, 6) is -0.678. The standard InChI is InChI=1S/C17H31F4N5O5/c1-25(21)8-9-4-5-10(23-19)17(30-9)31-16-11(24-20)6-12(29-3)14(15(16)28)26(2)13(27)7-22-18/h9-12,14-17,22-24,28H,4-8H2,1-3H3/t9?,10-,11?,12?,14?,15?,16?,17?/m0/s1. The molecule has 0 aromatic rings. The number of hydrogen-bond donors (Lipinski definition) is 4. The van der Waals surface area contributed by atoms with Crippen molar-refractivity contribution in [3.05, 3.63) is 0 Å². The summed E-state index contributed by atoms with van der Waals surface area (Å²) in [5, 5.41) is 11.4. The molecule has 0 bridgehead atoms. The molecule has 2 rings (SSSR count). The maximum absolute atomic E-state index is 13.6. The summed E-state index contributed by atoms with van der Waals surface area (Å²) in [4.78, 5) is 13.2. The van der Waals surface area contributed by atoms with Gasteiger partial charge in [-0.25, -0.2) is 0 Å². The zero-order valence-corrected chi connectivity index (χ0v) is 17.6. The maximum atomic E-state index is 13.6. The highest BCUT2D eigenvalue weighted by atomic mass is 19.2. The molecule has 0 radical (unpaired) electrons. The molecule has 0 aromatic carbocycles. The number of rotatable bonds is 10. The lowest BCUT2D eigenvalue weighted by Gasteiger charge is -2.48. The predicted octanol–water partition coefficient (Wildman–Crippen LogP) is -0.541. The number of likely N-dealkylation sites (N-methyl/N-ethyl adjacent to an activating group) is 2. The van der Waals surface area contributed by atoms with E-state index in [0.717, 1.165) is 4.90 Å². The van der Waals surface area contributed by atoms with E-state index >= 15 is 0 Å². The van der Waals surface area contributed by atoms with Crippen molar-refractivity contribution in [3.63, 3.8) is 0 Å². The van der Waals surface area contributed by atoms with Crippen LogP contribution in [0.25, 0.3) is 0 Å². The molecule has 1 aliphatic carbocycles. The first-order valence-corrected chi connectivity index (χ1v) is 9.97. The van der Waals surface area contributed by atoms with Gasteiger partial charge < -0.3 is 24.2 Å². The minimum Gasteiger partial charge on any atom is -0.388 e. The van der Waals surface area contributed by atoms with Gasteiger partial charge in [0.2, 0.25) is 5.91 Å². The topological polar surface area (TPSA) is 108 Å².